The molecule has 0 saturated carbocycles. The quantitative estimate of drug-likeness (QED) is 0.940. The number of nitrogens with zero attached hydrogens (tertiary/aromatic N) is 2. The number of fused-ring (bicyclic) bond motifs is 1. The van der Waals surface area contributed by atoms with Gasteiger partial charge in [-0.3, -0.25) is 0 Å². The summed E-state index contributed by atoms with van der Waals surface area (Å²) in [6, 6.07) is 6.28. The van der Waals surface area contributed by atoms with Crippen LogP contribution in [-0.2, 0) is 17.7 Å². The van der Waals surface area contributed by atoms with E-state index in [0.717, 1.165) is 62.8 Å². The molecule has 0 amide bonds. The highest BCUT2D eigenvalue weighted by molar-refractivity contribution is 5.60. The van der Waals surface area contributed by atoms with E-state index in [1.54, 1.807) is 0 Å². The van der Waals surface area contributed by atoms with Crippen LogP contribution in [0.2, 0.25) is 0 Å². The molecule has 1 aromatic carbocycles. The number of aliphatic hydroxyl groups is 1. The lowest BCUT2D eigenvalue weighted by molar-refractivity contribution is -0.0250. The number of hydrogen-bond donors (Lipinski definition) is 1. The van der Waals surface area contributed by atoms with Crippen molar-refractivity contribution < 1.29 is 14.6 Å². The van der Waals surface area contributed by atoms with Crippen LogP contribution in [0.1, 0.15) is 18.4 Å². The Labute approximate surface area is 135 Å². The van der Waals surface area contributed by atoms with E-state index in [-0.39, 0.29) is 12.0 Å². The van der Waals surface area contributed by atoms with Crippen LogP contribution in [-0.4, -0.2) is 41.1 Å². The van der Waals surface area contributed by atoms with E-state index in [4.69, 9.17) is 9.47 Å². The van der Waals surface area contributed by atoms with Gasteiger partial charge in [0.15, 0.2) is 0 Å². The van der Waals surface area contributed by atoms with Gasteiger partial charge in [-0.1, -0.05) is 0 Å². The maximum atomic E-state index is 9.92. The zero-order chi connectivity index (χ0) is 15.7. The van der Waals surface area contributed by atoms with Gasteiger partial charge in [0.2, 0.25) is 0 Å². The molecule has 1 aromatic heterocycles. The van der Waals surface area contributed by atoms with Gasteiger partial charge >= 0.3 is 0 Å². The van der Waals surface area contributed by atoms with Crippen molar-refractivity contribution in [3.8, 4) is 17.1 Å². The Morgan fingerprint density at radius 1 is 1.22 bits per heavy atom. The van der Waals surface area contributed by atoms with Crippen molar-refractivity contribution in [2.24, 2.45) is 5.41 Å². The molecule has 2 aliphatic heterocycles. The third-order valence-corrected chi connectivity index (χ3v) is 5.06. The van der Waals surface area contributed by atoms with Gasteiger partial charge in [0.1, 0.15) is 11.6 Å². The van der Waals surface area contributed by atoms with Crippen LogP contribution in [0.5, 0.6) is 5.75 Å². The smallest absolute Gasteiger partial charge is 0.139 e. The highest BCUT2D eigenvalue weighted by atomic mass is 16.5. The van der Waals surface area contributed by atoms with Crippen molar-refractivity contribution in [1.82, 2.24) is 9.55 Å². The van der Waals surface area contributed by atoms with Crippen molar-refractivity contribution >= 4 is 0 Å². The van der Waals surface area contributed by atoms with Gasteiger partial charge in [0.05, 0.1) is 13.2 Å². The summed E-state index contributed by atoms with van der Waals surface area (Å²) in [4.78, 5) is 4.55. The van der Waals surface area contributed by atoms with Crippen LogP contribution in [0.25, 0.3) is 11.4 Å². The van der Waals surface area contributed by atoms with E-state index in [9.17, 15) is 5.11 Å². The van der Waals surface area contributed by atoms with E-state index in [1.807, 2.05) is 18.5 Å². The molecule has 0 bridgehead atoms. The van der Waals surface area contributed by atoms with E-state index < -0.39 is 0 Å². The fourth-order valence-electron chi connectivity index (χ4n) is 3.55. The molecule has 0 aliphatic carbocycles. The fraction of sp³-hybridized carbons (Fsp3) is 0.500. The summed E-state index contributed by atoms with van der Waals surface area (Å²) in [5, 5.41) is 9.92. The number of imidazole rings is 1. The highest BCUT2D eigenvalue weighted by Crippen LogP contribution is 2.34. The lowest BCUT2D eigenvalue weighted by Gasteiger charge is -2.36. The summed E-state index contributed by atoms with van der Waals surface area (Å²) in [6.45, 7) is 3.17. The van der Waals surface area contributed by atoms with Crippen LogP contribution < -0.4 is 4.74 Å². The second-order valence-electron chi connectivity index (χ2n) is 6.57. The van der Waals surface area contributed by atoms with Gasteiger partial charge in [0.25, 0.3) is 0 Å². The van der Waals surface area contributed by atoms with Gasteiger partial charge in [-0.2, -0.15) is 0 Å². The van der Waals surface area contributed by atoms with Gasteiger partial charge in [-0.15, -0.1) is 0 Å². The summed E-state index contributed by atoms with van der Waals surface area (Å²) in [6.07, 6.45) is 6.58. The molecule has 0 spiro atoms. The molecule has 2 aliphatic rings. The Balaban J connectivity index is 1.63. The zero-order valence-electron chi connectivity index (χ0n) is 13.2. The summed E-state index contributed by atoms with van der Waals surface area (Å²) < 4.78 is 13.2. The summed E-state index contributed by atoms with van der Waals surface area (Å²) in [5.41, 5.74) is 2.26. The Kier molecular flexibility index (Phi) is 3.83. The third kappa shape index (κ3) is 2.75. The van der Waals surface area contributed by atoms with Gasteiger partial charge < -0.3 is 19.1 Å². The fourth-order valence-corrected chi connectivity index (χ4v) is 3.55. The van der Waals surface area contributed by atoms with E-state index in [2.05, 4.69) is 21.7 Å². The second kappa shape index (κ2) is 5.98. The molecule has 3 heterocycles. The van der Waals surface area contributed by atoms with Crippen LogP contribution in [0.3, 0.4) is 0 Å². The molecule has 0 atom stereocenters. The Morgan fingerprint density at radius 2 is 2.09 bits per heavy atom. The van der Waals surface area contributed by atoms with Crippen molar-refractivity contribution in [2.45, 2.75) is 25.8 Å². The first-order chi connectivity index (χ1) is 11.3. The van der Waals surface area contributed by atoms with Gasteiger partial charge in [-0.05, 0) is 36.6 Å². The predicted octanol–water partition coefficient (Wildman–Crippen LogP) is 2.27. The van der Waals surface area contributed by atoms with Crippen molar-refractivity contribution in [1.29, 1.82) is 0 Å². The molecular weight excluding hydrogens is 292 g/mol. The van der Waals surface area contributed by atoms with Crippen molar-refractivity contribution in [3.63, 3.8) is 0 Å². The summed E-state index contributed by atoms with van der Waals surface area (Å²) in [7, 11) is 0. The molecule has 23 heavy (non-hydrogen) atoms. The maximum absolute atomic E-state index is 9.92. The first kappa shape index (κ1) is 14.7. The molecule has 5 nitrogen and oxygen atoms in total. The van der Waals surface area contributed by atoms with E-state index >= 15 is 0 Å². The van der Waals surface area contributed by atoms with Crippen LogP contribution in [0.15, 0.2) is 30.6 Å². The minimum Gasteiger partial charge on any atom is -0.493 e. The Bertz CT molecular complexity index is 689. The molecule has 1 fully saturated rings. The SMILES string of the molecule is OCC1(Cn2ccnc2-c2ccc3c(c2)CCO3)CCOCC1. The molecule has 2 aromatic rings. The molecule has 122 valence electrons. The summed E-state index contributed by atoms with van der Waals surface area (Å²) >= 11 is 0. The first-order valence-corrected chi connectivity index (χ1v) is 8.26. The molecular formula is C18H22N2O3. The van der Waals surface area contributed by atoms with Crippen molar-refractivity contribution in [2.75, 3.05) is 26.4 Å². The molecule has 0 radical (unpaired) electrons. The summed E-state index contributed by atoms with van der Waals surface area (Å²) in [5.74, 6) is 1.95. The topological polar surface area (TPSA) is 56.5 Å². The van der Waals surface area contributed by atoms with Crippen LogP contribution >= 0.6 is 0 Å². The standard InChI is InChI=1S/C18H22N2O3/c21-13-18(4-9-22-10-5-18)12-20-7-6-19-17(20)15-1-2-16-14(11-15)3-8-23-16/h1-2,6-7,11,21H,3-5,8-10,12-13H2. The van der Waals surface area contributed by atoms with E-state index in [0.29, 0.717) is 0 Å². The second-order valence-corrected chi connectivity index (χ2v) is 6.57. The normalized spacial score (nSPS) is 19.3. The minimum atomic E-state index is -0.104. The Morgan fingerprint density at radius 3 is 2.91 bits per heavy atom. The number of rotatable bonds is 4. The lowest BCUT2D eigenvalue weighted by atomic mass is 9.81. The third-order valence-electron chi connectivity index (χ3n) is 5.06. The Hall–Kier alpha value is -1.85. The first-order valence-electron chi connectivity index (χ1n) is 8.26. The van der Waals surface area contributed by atoms with Gasteiger partial charge in [-0.25, -0.2) is 4.98 Å². The number of hydrogen-bond acceptors (Lipinski definition) is 4. The molecule has 0 unspecified atom stereocenters. The number of aliphatic hydroxyl groups excluding tert-OH is 1. The lowest BCUT2D eigenvalue weighted by Crippen LogP contribution is -2.37. The van der Waals surface area contributed by atoms with E-state index in [1.165, 1.54) is 5.56 Å². The average Bonchev–Trinajstić information content (AvgIpc) is 3.23. The average molecular weight is 314 g/mol. The number of ether oxygens (including phenoxy) is 2. The molecule has 4 rings (SSSR count). The molecule has 5 heteroatoms. The predicted molar refractivity (Wildman–Crippen MR) is 86.4 cm³/mol. The maximum Gasteiger partial charge on any atom is 0.139 e. The molecule has 1 saturated heterocycles. The number of benzene rings is 1. The monoisotopic (exact) mass is 314 g/mol. The van der Waals surface area contributed by atoms with Crippen molar-refractivity contribution in [3.05, 3.63) is 36.2 Å². The molecule has 1 N–H and O–H groups in total. The number of aromatic nitrogens is 2. The minimum absolute atomic E-state index is 0.104. The van der Waals surface area contributed by atoms with Crippen LogP contribution in [0, 0.1) is 5.41 Å². The largest absolute Gasteiger partial charge is 0.493 e. The van der Waals surface area contributed by atoms with Crippen LogP contribution in [0.4, 0.5) is 0 Å². The highest BCUT2D eigenvalue weighted by Gasteiger charge is 2.33. The van der Waals surface area contributed by atoms with Gasteiger partial charge in [0, 0.05) is 49.6 Å². The zero-order valence-corrected chi connectivity index (χ0v) is 13.2.